The largest absolute Gasteiger partial charge is 0.371 e. The van der Waals surface area contributed by atoms with Gasteiger partial charge < -0.3 is 9.80 Å². The Balaban J connectivity index is 1.77. The summed E-state index contributed by atoms with van der Waals surface area (Å²) in [6.07, 6.45) is 4.91. The molecule has 26 heavy (non-hydrogen) atoms. The number of fused-ring (bicyclic) bond motifs is 2. The molecular weight excluding hydrogens is 336 g/mol. The molecule has 0 amide bonds. The monoisotopic (exact) mass is 368 g/mol. The summed E-state index contributed by atoms with van der Waals surface area (Å²) in [6.45, 7) is 11.5. The van der Waals surface area contributed by atoms with E-state index in [0.717, 1.165) is 13.1 Å². The maximum Gasteiger partial charge on any atom is 0.0410 e. The van der Waals surface area contributed by atoms with Gasteiger partial charge in [0.25, 0.3) is 0 Å². The summed E-state index contributed by atoms with van der Waals surface area (Å²) in [7, 11) is -0.994. The number of benzene rings is 2. The zero-order valence-electron chi connectivity index (χ0n) is 16.7. The molecule has 3 heteroatoms. The molecule has 0 aromatic heterocycles. The second-order valence-electron chi connectivity index (χ2n) is 7.62. The lowest BCUT2D eigenvalue weighted by Crippen LogP contribution is -2.19. The van der Waals surface area contributed by atoms with Crippen LogP contribution in [0.2, 0.25) is 0 Å². The highest BCUT2D eigenvalue weighted by Crippen LogP contribution is 2.61. The van der Waals surface area contributed by atoms with Crippen LogP contribution in [0.4, 0.5) is 11.4 Å². The molecule has 2 nitrogen and oxygen atoms in total. The normalized spacial score (nSPS) is 16.8. The van der Waals surface area contributed by atoms with Crippen molar-refractivity contribution in [2.24, 2.45) is 0 Å². The third-order valence-corrected chi connectivity index (χ3v) is 10.2. The molecule has 0 aliphatic carbocycles. The second-order valence-corrected chi connectivity index (χ2v) is 11.3. The first kappa shape index (κ1) is 17.8. The van der Waals surface area contributed by atoms with E-state index in [0.29, 0.717) is 0 Å². The van der Waals surface area contributed by atoms with Crippen LogP contribution in [0.5, 0.6) is 0 Å². The van der Waals surface area contributed by atoms with Crippen molar-refractivity contribution in [3.63, 3.8) is 0 Å². The Labute approximate surface area is 160 Å². The van der Waals surface area contributed by atoms with Gasteiger partial charge in [-0.15, -0.1) is 0 Å². The number of hydrogen-bond donors (Lipinski definition) is 0. The van der Waals surface area contributed by atoms with Crippen molar-refractivity contribution in [1.82, 2.24) is 0 Å². The maximum atomic E-state index is 2.54. The maximum absolute atomic E-state index is 2.54. The fourth-order valence-electron chi connectivity index (χ4n) is 4.54. The highest BCUT2D eigenvalue weighted by atomic mass is 32.3. The van der Waals surface area contributed by atoms with Gasteiger partial charge in [0.1, 0.15) is 0 Å². The zero-order chi connectivity index (χ0) is 18.3. The quantitative estimate of drug-likeness (QED) is 0.704. The van der Waals surface area contributed by atoms with E-state index in [1.165, 1.54) is 54.2 Å². The molecule has 2 aromatic rings. The summed E-state index contributed by atoms with van der Waals surface area (Å²) in [4.78, 5) is 8.16. The molecule has 2 heterocycles. The van der Waals surface area contributed by atoms with Crippen molar-refractivity contribution in [2.75, 3.05) is 48.0 Å². The van der Waals surface area contributed by atoms with Crippen LogP contribution in [0.15, 0.2) is 46.2 Å². The first-order chi connectivity index (χ1) is 12.6. The number of nitrogens with zero attached hydrogens (tertiary/aromatic N) is 2. The summed E-state index contributed by atoms with van der Waals surface area (Å²) in [5.41, 5.74) is 6.01. The minimum absolute atomic E-state index is 0.994. The van der Waals surface area contributed by atoms with E-state index in [-0.39, 0.29) is 0 Å². The molecule has 0 spiro atoms. The number of anilines is 2. The van der Waals surface area contributed by atoms with Gasteiger partial charge in [0, 0.05) is 37.6 Å². The van der Waals surface area contributed by atoms with Crippen molar-refractivity contribution in [3.05, 3.63) is 47.5 Å². The van der Waals surface area contributed by atoms with Crippen LogP contribution in [0.3, 0.4) is 0 Å². The first-order valence-electron chi connectivity index (χ1n) is 10.1. The predicted octanol–water partition coefficient (Wildman–Crippen LogP) is 5.32. The predicted molar refractivity (Wildman–Crippen MR) is 117 cm³/mol. The summed E-state index contributed by atoms with van der Waals surface area (Å²) in [5.74, 6) is 1.20. The lowest BCUT2D eigenvalue weighted by Gasteiger charge is -2.37. The Kier molecular flexibility index (Phi) is 4.68. The molecule has 0 atom stereocenters. The van der Waals surface area contributed by atoms with Gasteiger partial charge >= 0.3 is 0 Å². The van der Waals surface area contributed by atoms with Crippen molar-refractivity contribution >= 4 is 21.4 Å². The van der Waals surface area contributed by atoms with Crippen molar-refractivity contribution in [2.45, 2.75) is 43.4 Å². The number of likely N-dealkylation sites (N-methyl/N-ethyl adjacent to an activating group) is 2. The van der Waals surface area contributed by atoms with Crippen molar-refractivity contribution < 1.29 is 0 Å². The molecule has 2 aliphatic rings. The average molecular weight is 369 g/mol. The van der Waals surface area contributed by atoms with E-state index >= 15 is 0 Å². The molecule has 0 saturated heterocycles. The summed E-state index contributed by atoms with van der Waals surface area (Å²) >= 11 is 0. The van der Waals surface area contributed by atoms with Gasteiger partial charge in [0.2, 0.25) is 0 Å². The molecule has 2 aliphatic heterocycles. The van der Waals surface area contributed by atoms with Crippen LogP contribution < -0.4 is 9.80 Å². The Morgan fingerprint density at radius 1 is 0.769 bits per heavy atom. The SMILES string of the molecule is CCN1CCc2ccc(S(C)(CC)c3ccc4c(c3)N(CC)CC4)cc21. The minimum atomic E-state index is -0.994. The molecule has 0 saturated carbocycles. The van der Waals surface area contributed by atoms with Crippen LogP contribution >= 0.6 is 10.0 Å². The molecule has 2 aromatic carbocycles. The molecule has 4 rings (SSSR count). The van der Waals surface area contributed by atoms with E-state index in [1.807, 2.05) is 0 Å². The average Bonchev–Trinajstić information content (AvgIpc) is 3.29. The third-order valence-electron chi connectivity index (χ3n) is 6.48. The smallest absolute Gasteiger partial charge is 0.0410 e. The van der Waals surface area contributed by atoms with Gasteiger partial charge in [-0.2, -0.15) is 10.0 Å². The second kappa shape index (κ2) is 6.84. The Morgan fingerprint density at radius 2 is 1.23 bits per heavy atom. The Morgan fingerprint density at radius 3 is 1.62 bits per heavy atom. The fraction of sp³-hybridized carbons (Fsp3) is 0.478. The molecular formula is C23H32N2S. The van der Waals surface area contributed by atoms with Crippen molar-refractivity contribution in [1.29, 1.82) is 0 Å². The van der Waals surface area contributed by atoms with Gasteiger partial charge in [-0.25, -0.2) is 0 Å². The first-order valence-corrected chi connectivity index (χ1v) is 12.3. The summed E-state index contributed by atoms with van der Waals surface area (Å²) in [6, 6.07) is 14.6. The van der Waals surface area contributed by atoms with E-state index in [2.05, 4.69) is 73.2 Å². The lowest BCUT2D eigenvalue weighted by atomic mass is 10.2. The minimum Gasteiger partial charge on any atom is -0.371 e. The Hall–Kier alpha value is -1.61. The van der Waals surface area contributed by atoms with Crippen LogP contribution in [-0.2, 0) is 12.8 Å². The highest BCUT2D eigenvalue weighted by molar-refractivity contribution is 8.33. The standard InChI is InChI=1S/C23H32N2S/c1-5-24-14-12-18-8-10-20(16-22(18)24)26(4,7-3)21-11-9-19-13-15-25(6-2)23(19)17-21/h8-11,16-17H,5-7,12-15H2,1-4H3. The van der Waals surface area contributed by atoms with Crippen LogP contribution in [0, 0.1) is 0 Å². The van der Waals surface area contributed by atoms with Crippen LogP contribution in [-0.4, -0.2) is 38.2 Å². The zero-order valence-corrected chi connectivity index (χ0v) is 17.5. The van der Waals surface area contributed by atoms with Crippen LogP contribution in [0.1, 0.15) is 31.9 Å². The van der Waals surface area contributed by atoms with E-state index in [9.17, 15) is 0 Å². The van der Waals surface area contributed by atoms with Gasteiger partial charge in [0.05, 0.1) is 0 Å². The molecule has 0 bridgehead atoms. The van der Waals surface area contributed by atoms with Gasteiger partial charge in [-0.3, -0.25) is 0 Å². The van der Waals surface area contributed by atoms with E-state index in [1.54, 1.807) is 9.79 Å². The molecule has 0 N–H and O–H groups in total. The molecule has 0 radical (unpaired) electrons. The number of hydrogen-bond acceptors (Lipinski definition) is 2. The third kappa shape index (κ3) is 2.72. The van der Waals surface area contributed by atoms with E-state index in [4.69, 9.17) is 0 Å². The topological polar surface area (TPSA) is 6.48 Å². The lowest BCUT2D eigenvalue weighted by molar-refractivity contribution is 0.867. The van der Waals surface area contributed by atoms with Gasteiger partial charge in [-0.1, -0.05) is 19.1 Å². The molecule has 0 fully saturated rings. The summed E-state index contributed by atoms with van der Waals surface area (Å²) in [5, 5.41) is 0. The van der Waals surface area contributed by atoms with E-state index < -0.39 is 10.0 Å². The van der Waals surface area contributed by atoms with Crippen molar-refractivity contribution in [3.8, 4) is 0 Å². The highest BCUT2D eigenvalue weighted by Gasteiger charge is 2.27. The summed E-state index contributed by atoms with van der Waals surface area (Å²) < 4.78 is 0. The van der Waals surface area contributed by atoms with Gasteiger partial charge in [0.15, 0.2) is 0 Å². The Bertz CT molecular complexity index is 750. The van der Waals surface area contributed by atoms with Crippen LogP contribution in [0.25, 0.3) is 0 Å². The molecule has 0 unspecified atom stereocenters. The van der Waals surface area contributed by atoms with Gasteiger partial charge in [-0.05, 0) is 83.9 Å². The molecule has 140 valence electrons. The number of rotatable bonds is 5. The fourth-order valence-corrected chi connectivity index (χ4v) is 6.96.